The summed E-state index contributed by atoms with van der Waals surface area (Å²) in [5.41, 5.74) is -0.119. The SMILES string of the molecule is CO[C@@]12CC3[C@H]([C@@H](C)C1=CC(=O)O2)[C@@H](O)C(OC(C)=O)C1[C@](C)(COC(C)=O)CCC[C@]31C. The van der Waals surface area contributed by atoms with Crippen LogP contribution in [0.1, 0.15) is 60.3 Å². The molecule has 0 saturated heterocycles. The summed E-state index contributed by atoms with van der Waals surface area (Å²) in [5, 5.41) is 11.7. The molecule has 3 fully saturated rings. The van der Waals surface area contributed by atoms with Crippen LogP contribution in [0.25, 0.3) is 0 Å². The van der Waals surface area contributed by atoms with Crippen molar-refractivity contribution in [3.63, 3.8) is 0 Å². The molecule has 3 saturated carbocycles. The lowest BCUT2D eigenvalue weighted by atomic mass is 9.41. The molecule has 4 aliphatic rings. The molecule has 33 heavy (non-hydrogen) atoms. The van der Waals surface area contributed by atoms with Crippen molar-refractivity contribution in [2.45, 2.75) is 78.3 Å². The van der Waals surface area contributed by atoms with E-state index in [0.29, 0.717) is 6.42 Å². The van der Waals surface area contributed by atoms with E-state index < -0.39 is 35.3 Å². The zero-order valence-corrected chi connectivity index (χ0v) is 20.4. The molecule has 8 heteroatoms. The average molecular weight is 465 g/mol. The molecule has 0 spiro atoms. The lowest BCUT2D eigenvalue weighted by Gasteiger charge is -2.66. The Morgan fingerprint density at radius 2 is 1.91 bits per heavy atom. The third-order valence-corrected chi connectivity index (χ3v) is 9.07. The van der Waals surface area contributed by atoms with Gasteiger partial charge in [-0.05, 0) is 36.0 Å². The minimum absolute atomic E-state index is 0.0562. The van der Waals surface area contributed by atoms with E-state index in [9.17, 15) is 19.5 Å². The smallest absolute Gasteiger partial charge is 0.333 e. The van der Waals surface area contributed by atoms with Gasteiger partial charge in [-0.1, -0.05) is 27.2 Å². The summed E-state index contributed by atoms with van der Waals surface area (Å²) >= 11 is 0. The third kappa shape index (κ3) is 3.60. The minimum Gasteiger partial charge on any atom is -0.465 e. The fraction of sp³-hybridized carbons (Fsp3) is 0.800. The van der Waals surface area contributed by atoms with Crippen LogP contribution in [0.15, 0.2) is 11.6 Å². The van der Waals surface area contributed by atoms with E-state index in [2.05, 4.69) is 13.8 Å². The molecule has 0 aromatic carbocycles. The van der Waals surface area contributed by atoms with E-state index in [1.54, 1.807) is 7.11 Å². The first kappa shape index (κ1) is 24.2. The van der Waals surface area contributed by atoms with Gasteiger partial charge in [-0.25, -0.2) is 4.79 Å². The van der Waals surface area contributed by atoms with Gasteiger partial charge in [0.1, 0.15) is 6.10 Å². The van der Waals surface area contributed by atoms with Crippen molar-refractivity contribution in [2.24, 2.45) is 34.5 Å². The molecule has 1 aliphatic heterocycles. The Morgan fingerprint density at radius 3 is 2.52 bits per heavy atom. The van der Waals surface area contributed by atoms with E-state index >= 15 is 0 Å². The topological polar surface area (TPSA) is 108 Å². The highest BCUT2D eigenvalue weighted by molar-refractivity contribution is 5.86. The number of methoxy groups -OCH3 is 1. The zero-order chi connectivity index (χ0) is 24.3. The van der Waals surface area contributed by atoms with Gasteiger partial charge in [-0.2, -0.15) is 0 Å². The third-order valence-electron chi connectivity index (χ3n) is 9.07. The molecule has 0 amide bonds. The summed E-state index contributed by atoms with van der Waals surface area (Å²) < 4.78 is 22.9. The predicted molar refractivity (Wildman–Crippen MR) is 116 cm³/mol. The summed E-state index contributed by atoms with van der Waals surface area (Å²) in [6.07, 6.45) is 2.79. The number of hydrogen-bond donors (Lipinski definition) is 1. The number of hydrogen-bond acceptors (Lipinski definition) is 8. The van der Waals surface area contributed by atoms with Gasteiger partial charge < -0.3 is 24.1 Å². The zero-order valence-electron chi connectivity index (χ0n) is 20.4. The fourth-order valence-corrected chi connectivity index (χ4v) is 7.90. The Hall–Kier alpha value is -1.93. The number of esters is 3. The van der Waals surface area contributed by atoms with E-state index in [1.165, 1.54) is 19.9 Å². The van der Waals surface area contributed by atoms with Crippen LogP contribution >= 0.6 is 0 Å². The summed E-state index contributed by atoms with van der Waals surface area (Å²) in [6, 6.07) is 0. The second-order valence-electron chi connectivity index (χ2n) is 11.0. The number of ether oxygens (including phenoxy) is 4. The Bertz CT molecular complexity index is 882. The van der Waals surface area contributed by atoms with Crippen molar-refractivity contribution < 1.29 is 38.4 Å². The van der Waals surface area contributed by atoms with Crippen molar-refractivity contribution in [1.29, 1.82) is 0 Å². The van der Waals surface area contributed by atoms with Crippen LogP contribution in [0, 0.1) is 34.5 Å². The Morgan fingerprint density at radius 1 is 1.21 bits per heavy atom. The van der Waals surface area contributed by atoms with Gasteiger partial charge in [0.2, 0.25) is 5.79 Å². The first-order chi connectivity index (χ1) is 15.4. The maximum atomic E-state index is 12.3. The maximum absolute atomic E-state index is 12.3. The van der Waals surface area contributed by atoms with Crippen molar-refractivity contribution in [3.8, 4) is 0 Å². The Kier molecular flexibility index (Phi) is 5.93. The number of rotatable bonds is 4. The molecule has 9 atom stereocenters. The van der Waals surface area contributed by atoms with Crippen molar-refractivity contribution >= 4 is 17.9 Å². The summed E-state index contributed by atoms with van der Waals surface area (Å²) in [5.74, 6) is -3.14. The standard InChI is InChI=1S/C25H36O8/c1-13-16-10-18(28)33-25(16,30-6)11-17-19(13)20(29)21(32-15(3)27)22-23(4,12-31-14(2)26)8-7-9-24(17,22)5/h10,13,17,19-22,29H,7-9,11-12H2,1-6H3/t13-,17?,19-,20+,21?,22?,23-,24+,25+/m0/s1. The summed E-state index contributed by atoms with van der Waals surface area (Å²) in [4.78, 5) is 36.1. The molecular formula is C25H36O8. The lowest BCUT2D eigenvalue weighted by molar-refractivity contribution is -0.274. The fourth-order valence-electron chi connectivity index (χ4n) is 7.90. The largest absolute Gasteiger partial charge is 0.465 e. The highest BCUT2D eigenvalue weighted by Gasteiger charge is 2.69. The Balaban J connectivity index is 1.83. The monoisotopic (exact) mass is 464 g/mol. The van der Waals surface area contributed by atoms with Gasteiger partial charge in [0.15, 0.2) is 0 Å². The first-order valence-electron chi connectivity index (χ1n) is 11.9. The lowest BCUT2D eigenvalue weighted by Crippen LogP contribution is -2.68. The van der Waals surface area contributed by atoms with Crippen LogP contribution in [0.2, 0.25) is 0 Å². The molecular weight excluding hydrogens is 428 g/mol. The van der Waals surface area contributed by atoms with Crippen LogP contribution in [0.5, 0.6) is 0 Å². The Labute approximate surface area is 195 Å². The molecule has 0 aromatic heterocycles. The quantitative estimate of drug-likeness (QED) is 0.500. The van der Waals surface area contributed by atoms with Crippen molar-refractivity contribution in [3.05, 3.63) is 11.6 Å². The number of aliphatic hydroxyl groups is 1. The summed E-state index contributed by atoms with van der Waals surface area (Å²) in [7, 11) is 1.55. The van der Waals surface area contributed by atoms with E-state index in [-0.39, 0.29) is 41.7 Å². The van der Waals surface area contributed by atoms with Crippen molar-refractivity contribution in [2.75, 3.05) is 13.7 Å². The van der Waals surface area contributed by atoms with Gasteiger partial charge in [0.05, 0.1) is 12.7 Å². The normalized spacial score (nSPS) is 46.3. The maximum Gasteiger partial charge on any atom is 0.333 e. The van der Waals surface area contributed by atoms with Gasteiger partial charge in [0, 0.05) is 50.4 Å². The van der Waals surface area contributed by atoms with E-state index in [0.717, 1.165) is 24.8 Å². The molecule has 3 aliphatic carbocycles. The van der Waals surface area contributed by atoms with E-state index in [4.69, 9.17) is 18.9 Å². The van der Waals surface area contributed by atoms with E-state index in [1.807, 2.05) is 6.92 Å². The first-order valence-corrected chi connectivity index (χ1v) is 11.9. The van der Waals surface area contributed by atoms with Gasteiger partial charge >= 0.3 is 17.9 Å². The second-order valence-corrected chi connectivity index (χ2v) is 11.0. The highest BCUT2D eigenvalue weighted by Crippen LogP contribution is 2.67. The van der Waals surface area contributed by atoms with Crippen LogP contribution in [-0.2, 0) is 33.3 Å². The van der Waals surface area contributed by atoms with Gasteiger partial charge in [-0.3, -0.25) is 9.59 Å². The molecule has 8 nitrogen and oxygen atoms in total. The van der Waals surface area contributed by atoms with Crippen LogP contribution < -0.4 is 0 Å². The molecule has 184 valence electrons. The summed E-state index contributed by atoms with van der Waals surface area (Å²) in [6.45, 7) is 9.15. The number of fused-ring (bicyclic) bond motifs is 4. The number of aliphatic hydroxyl groups excluding tert-OH is 1. The van der Waals surface area contributed by atoms with Gasteiger partial charge in [-0.15, -0.1) is 0 Å². The second kappa shape index (κ2) is 8.08. The van der Waals surface area contributed by atoms with Gasteiger partial charge in [0.25, 0.3) is 0 Å². The van der Waals surface area contributed by atoms with Crippen LogP contribution in [0.3, 0.4) is 0 Å². The van der Waals surface area contributed by atoms with Crippen LogP contribution in [0.4, 0.5) is 0 Å². The molecule has 4 rings (SSSR count). The van der Waals surface area contributed by atoms with Crippen molar-refractivity contribution in [1.82, 2.24) is 0 Å². The molecule has 0 bridgehead atoms. The van der Waals surface area contributed by atoms with Crippen LogP contribution in [-0.4, -0.2) is 54.7 Å². The minimum atomic E-state index is -1.14. The predicted octanol–water partition coefficient (Wildman–Crippen LogP) is 2.77. The number of carbonyl (C=O) groups is 3. The number of carbonyl (C=O) groups excluding carboxylic acids is 3. The average Bonchev–Trinajstić information content (AvgIpc) is 3.07. The molecule has 0 radical (unpaired) electrons. The highest BCUT2D eigenvalue weighted by atomic mass is 16.7. The molecule has 1 heterocycles. The molecule has 1 N–H and O–H groups in total. The molecule has 0 aromatic rings. The molecule has 3 unspecified atom stereocenters.